The van der Waals surface area contributed by atoms with E-state index in [1.807, 2.05) is 23.7 Å². The summed E-state index contributed by atoms with van der Waals surface area (Å²) in [5.41, 5.74) is 3.41. The highest BCUT2D eigenvalue weighted by atomic mass is 16.5. The number of hydrogen-bond acceptors (Lipinski definition) is 5. The van der Waals surface area contributed by atoms with Gasteiger partial charge in [-0.1, -0.05) is 12.1 Å². The van der Waals surface area contributed by atoms with E-state index in [0.29, 0.717) is 13.2 Å². The lowest BCUT2D eigenvalue weighted by molar-refractivity contribution is 0.150. The van der Waals surface area contributed by atoms with Crippen LogP contribution >= 0.6 is 0 Å². The molecule has 1 aromatic heterocycles. The molecule has 2 rings (SSSR count). The van der Waals surface area contributed by atoms with Gasteiger partial charge in [0.05, 0.1) is 12.3 Å². The highest BCUT2D eigenvalue weighted by Crippen LogP contribution is 2.13. The SMILES string of the molecule is CN=C(NCCCn1nc(C)cc1C)NCc1cccc(OCCN(C)CCOC)c1. The van der Waals surface area contributed by atoms with Gasteiger partial charge in [0.2, 0.25) is 0 Å². The van der Waals surface area contributed by atoms with Gasteiger partial charge >= 0.3 is 0 Å². The first-order valence-corrected chi connectivity index (χ1v) is 10.9. The van der Waals surface area contributed by atoms with Crippen LogP contribution in [0, 0.1) is 13.8 Å². The van der Waals surface area contributed by atoms with E-state index in [0.717, 1.165) is 62.2 Å². The topological polar surface area (TPSA) is 75.9 Å². The second-order valence-electron chi connectivity index (χ2n) is 7.65. The number of aryl methyl sites for hydroxylation is 3. The van der Waals surface area contributed by atoms with Crippen molar-refractivity contribution in [1.29, 1.82) is 0 Å². The lowest BCUT2D eigenvalue weighted by Crippen LogP contribution is -2.37. The summed E-state index contributed by atoms with van der Waals surface area (Å²) < 4.78 is 13.0. The minimum absolute atomic E-state index is 0.648. The minimum atomic E-state index is 0.648. The van der Waals surface area contributed by atoms with E-state index in [9.17, 15) is 0 Å². The fraction of sp³-hybridized carbons (Fsp3) is 0.565. The van der Waals surface area contributed by atoms with Crippen molar-refractivity contribution in [2.24, 2.45) is 4.99 Å². The van der Waals surface area contributed by atoms with Crippen LogP contribution in [0.5, 0.6) is 5.75 Å². The maximum Gasteiger partial charge on any atom is 0.191 e. The number of aromatic nitrogens is 2. The molecule has 1 heterocycles. The quantitative estimate of drug-likeness (QED) is 0.288. The van der Waals surface area contributed by atoms with E-state index in [4.69, 9.17) is 9.47 Å². The molecule has 8 heteroatoms. The number of ether oxygens (including phenoxy) is 2. The molecule has 1 aromatic carbocycles. The Labute approximate surface area is 186 Å². The third-order valence-corrected chi connectivity index (χ3v) is 4.94. The molecule has 2 N–H and O–H groups in total. The Morgan fingerprint density at radius 1 is 1.16 bits per heavy atom. The monoisotopic (exact) mass is 430 g/mol. The van der Waals surface area contributed by atoms with Crippen molar-refractivity contribution in [3.63, 3.8) is 0 Å². The van der Waals surface area contributed by atoms with Gasteiger partial charge in [-0.15, -0.1) is 0 Å². The largest absolute Gasteiger partial charge is 0.492 e. The number of likely N-dealkylation sites (N-methyl/N-ethyl adjacent to an activating group) is 1. The van der Waals surface area contributed by atoms with Gasteiger partial charge in [0.25, 0.3) is 0 Å². The highest BCUT2D eigenvalue weighted by molar-refractivity contribution is 5.79. The summed E-state index contributed by atoms with van der Waals surface area (Å²) in [5, 5.41) is 11.2. The van der Waals surface area contributed by atoms with Gasteiger partial charge in [-0.25, -0.2) is 0 Å². The smallest absolute Gasteiger partial charge is 0.191 e. The third kappa shape index (κ3) is 9.40. The first-order valence-electron chi connectivity index (χ1n) is 10.9. The molecule has 0 radical (unpaired) electrons. The van der Waals surface area contributed by atoms with Gasteiger partial charge in [-0.05, 0) is 51.1 Å². The van der Waals surface area contributed by atoms with Crippen molar-refractivity contribution >= 4 is 5.96 Å². The molecule has 0 amide bonds. The van der Waals surface area contributed by atoms with Crippen LogP contribution in [0.1, 0.15) is 23.4 Å². The van der Waals surface area contributed by atoms with Gasteiger partial charge in [-0.2, -0.15) is 5.10 Å². The molecule has 8 nitrogen and oxygen atoms in total. The average Bonchev–Trinajstić information content (AvgIpc) is 3.08. The lowest BCUT2D eigenvalue weighted by Gasteiger charge is -2.16. The molecule has 0 unspecified atom stereocenters. The number of rotatable bonds is 13. The predicted octanol–water partition coefficient (Wildman–Crippen LogP) is 2.21. The molecule has 0 fully saturated rings. The van der Waals surface area contributed by atoms with Crippen molar-refractivity contribution in [2.45, 2.75) is 33.4 Å². The van der Waals surface area contributed by atoms with Crippen LogP contribution in [0.4, 0.5) is 0 Å². The van der Waals surface area contributed by atoms with Gasteiger partial charge < -0.3 is 25.0 Å². The molecule has 0 bridgehead atoms. The van der Waals surface area contributed by atoms with Crippen molar-refractivity contribution in [3.8, 4) is 5.75 Å². The molecule has 0 saturated heterocycles. The van der Waals surface area contributed by atoms with Crippen LogP contribution in [-0.4, -0.2) is 74.7 Å². The highest BCUT2D eigenvalue weighted by Gasteiger charge is 2.03. The molecule has 31 heavy (non-hydrogen) atoms. The number of nitrogens with one attached hydrogen (secondary N) is 2. The molecule has 0 spiro atoms. The maximum atomic E-state index is 5.90. The van der Waals surface area contributed by atoms with Crippen LogP contribution in [-0.2, 0) is 17.8 Å². The van der Waals surface area contributed by atoms with E-state index >= 15 is 0 Å². The Morgan fingerprint density at radius 3 is 2.68 bits per heavy atom. The fourth-order valence-corrected chi connectivity index (χ4v) is 3.17. The number of hydrogen-bond donors (Lipinski definition) is 2. The zero-order valence-electron chi connectivity index (χ0n) is 19.6. The summed E-state index contributed by atoms with van der Waals surface area (Å²) in [5.74, 6) is 1.67. The molecule has 172 valence electrons. The molecule has 0 aliphatic rings. The molecule has 0 atom stereocenters. The maximum absolute atomic E-state index is 5.90. The van der Waals surface area contributed by atoms with Crippen molar-refractivity contribution in [3.05, 3.63) is 47.3 Å². The second-order valence-corrected chi connectivity index (χ2v) is 7.65. The Hall–Kier alpha value is -2.58. The molecular weight excluding hydrogens is 392 g/mol. The minimum Gasteiger partial charge on any atom is -0.492 e. The summed E-state index contributed by atoms with van der Waals surface area (Å²) in [6.45, 7) is 9.66. The summed E-state index contributed by atoms with van der Waals surface area (Å²) in [7, 11) is 5.57. The van der Waals surface area contributed by atoms with Gasteiger partial charge in [0.1, 0.15) is 12.4 Å². The number of aliphatic imine (C=N–C) groups is 1. The second kappa shape index (κ2) is 13.7. The van der Waals surface area contributed by atoms with Crippen LogP contribution in [0.15, 0.2) is 35.3 Å². The first kappa shape index (κ1) is 24.7. The fourth-order valence-electron chi connectivity index (χ4n) is 3.17. The summed E-state index contributed by atoms with van der Waals surface area (Å²) in [4.78, 5) is 6.50. The molecular formula is C23H38N6O2. The summed E-state index contributed by atoms with van der Waals surface area (Å²) in [6, 6.07) is 10.3. The van der Waals surface area contributed by atoms with Crippen molar-refractivity contribution in [1.82, 2.24) is 25.3 Å². The van der Waals surface area contributed by atoms with Gasteiger partial charge in [0, 0.05) is 52.6 Å². The van der Waals surface area contributed by atoms with E-state index in [-0.39, 0.29) is 0 Å². The van der Waals surface area contributed by atoms with Crippen LogP contribution in [0.3, 0.4) is 0 Å². The zero-order valence-corrected chi connectivity index (χ0v) is 19.6. The molecule has 2 aromatic rings. The number of methoxy groups -OCH3 is 1. The van der Waals surface area contributed by atoms with Crippen LogP contribution in [0.25, 0.3) is 0 Å². The van der Waals surface area contributed by atoms with Crippen molar-refractivity contribution < 1.29 is 9.47 Å². The number of guanidine groups is 1. The Kier molecular flexibility index (Phi) is 10.9. The Morgan fingerprint density at radius 2 is 1.97 bits per heavy atom. The Balaban J connectivity index is 1.69. The number of nitrogens with zero attached hydrogens (tertiary/aromatic N) is 4. The third-order valence-electron chi connectivity index (χ3n) is 4.94. The standard InChI is InChI=1S/C23H38N6O2/c1-19-16-20(2)29(27-19)11-7-10-25-23(24-3)26-18-21-8-6-9-22(17-21)31-15-13-28(4)12-14-30-5/h6,8-9,16-17H,7,10-15,18H2,1-5H3,(H2,24,25,26). The van der Waals surface area contributed by atoms with Crippen LogP contribution in [0.2, 0.25) is 0 Å². The van der Waals surface area contributed by atoms with Gasteiger partial charge in [-0.3, -0.25) is 9.67 Å². The molecule has 0 aliphatic carbocycles. The lowest BCUT2D eigenvalue weighted by atomic mass is 10.2. The van der Waals surface area contributed by atoms with E-state index in [1.165, 1.54) is 5.69 Å². The van der Waals surface area contributed by atoms with E-state index in [2.05, 4.69) is 57.8 Å². The van der Waals surface area contributed by atoms with E-state index in [1.54, 1.807) is 14.2 Å². The molecule has 0 aliphatic heterocycles. The first-order chi connectivity index (χ1) is 15.0. The summed E-state index contributed by atoms with van der Waals surface area (Å²) in [6.07, 6.45) is 0.977. The van der Waals surface area contributed by atoms with E-state index < -0.39 is 0 Å². The molecule has 0 saturated carbocycles. The van der Waals surface area contributed by atoms with Gasteiger partial charge in [0.15, 0.2) is 5.96 Å². The zero-order chi connectivity index (χ0) is 22.5. The predicted molar refractivity (Wildman–Crippen MR) is 126 cm³/mol. The average molecular weight is 431 g/mol. The van der Waals surface area contributed by atoms with Crippen molar-refractivity contribution in [2.75, 3.05) is 54.1 Å². The summed E-state index contributed by atoms with van der Waals surface area (Å²) >= 11 is 0. The number of benzene rings is 1. The van der Waals surface area contributed by atoms with Crippen LogP contribution < -0.4 is 15.4 Å². The Bertz CT molecular complexity index is 805. The normalized spacial score (nSPS) is 11.7.